The fourth-order valence-electron chi connectivity index (χ4n) is 4.57. The van der Waals surface area contributed by atoms with Gasteiger partial charge in [0.05, 0.1) is 14.6 Å². The topological polar surface area (TPSA) is 114 Å². The van der Waals surface area contributed by atoms with Crippen molar-refractivity contribution in [3.8, 4) is 11.5 Å². The predicted molar refractivity (Wildman–Crippen MR) is 178 cm³/mol. The van der Waals surface area contributed by atoms with Crippen LogP contribution in [0, 0.1) is 13.8 Å². The molecule has 1 fully saturated rings. The molecule has 11 heteroatoms. The maximum absolute atomic E-state index is 13.4. The second kappa shape index (κ2) is 13.9. The lowest BCUT2D eigenvalue weighted by Crippen LogP contribution is -2.54. The maximum Gasteiger partial charge on any atom is 0.335 e. The van der Waals surface area contributed by atoms with Crippen LogP contribution in [0.5, 0.6) is 11.5 Å². The SMILES string of the molecule is Cc1ccc(NC(=O)COc2c(Br)cc(/C=C3/C(=O)NC(=O)N(c4ccc(OCc5ccccc5)cc4)C3=O)cc2Br)c(C)c1. The smallest absolute Gasteiger partial charge is 0.335 e. The van der Waals surface area contributed by atoms with Gasteiger partial charge in [-0.2, -0.15) is 0 Å². The highest BCUT2D eigenvalue weighted by molar-refractivity contribution is 9.11. The van der Waals surface area contributed by atoms with Crippen LogP contribution in [-0.2, 0) is 21.0 Å². The third-order valence-corrected chi connectivity index (χ3v) is 7.96. The van der Waals surface area contributed by atoms with Crippen LogP contribution in [-0.4, -0.2) is 30.4 Å². The Hall–Kier alpha value is -4.74. The number of benzene rings is 4. The molecular formula is C34H27Br2N3O6. The number of hydrogen-bond acceptors (Lipinski definition) is 6. The molecule has 5 amide bonds. The number of aryl methyl sites for hydroxylation is 2. The maximum atomic E-state index is 13.4. The van der Waals surface area contributed by atoms with Crippen molar-refractivity contribution in [3.63, 3.8) is 0 Å². The van der Waals surface area contributed by atoms with Gasteiger partial charge in [0.25, 0.3) is 17.7 Å². The minimum atomic E-state index is -0.856. The summed E-state index contributed by atoms with van der Waals surface area (Å²) in [6.07, 6.45) is 1.38. The van der Waals surface area contributed by atoms with Crippen LogP contribution in [0.3, 0.4) is 0 Å². The highest BCUT2D eigenvalue weighted by atomic mass is 79.9. The van der Waals surface area contributed by atoms with E-state index in [9.17, 15) is 19.2 Å². The third kappa shape index (κ3) is 7.68. The number of barbiturate groups is 1. The molecule has 1 aliphatic rings. The first kappa shape index (κ1) is 31.7. The number of urea groups is 1. The molecule has 0 spiro atoms. The van der Waals surface area contributed by atoms with Crippen LogP contribution in [0.25, 0.3) is 6.08 Å². The van der Waals surface area contributed by atoms with E-state index in [1.165, 1.54) is 6.08 Å². The van der Waals surface area contributed by atoms with Crippen molar-refractivity contribution >= 4 is 73.1 Å². The summed E-state index contributed by atoms with van der Waals surface area (Å²) in [5.74, 6) is -1.02. The van der Waals surface area contributed by atoms with Crippen molar-refractivity contribution in [2.75, 3.05) is 16.8 Å². The number of ether oxygens (including phenoxy) is 2. The fraction of sp³-hybridized carbons (Fsp3) is 0.118. The molecule has 2 N–H and O–H groups in total. The molecular weight excluding hydrogens is 706 g/mol. The van der Waals surface area contributed by atoms with E-state index in [0.29, 0.717) is 38.3 Å². The molecule has 0 bridgehead atoms. The molecule has 1 saturated heterocycles. The van der Waals surface area contributed by atoms with Gasteiger partial charge < -0.3 is 14.8 Å². The van der Waals surface area contributed by atoms with Gasteiger partial charge in [0.2, 0.25) is 0 Å². The quantitative estimate of drug-likeness (QED) is 0.140. The second-order valence-electron chi connectivity index (χ2n) is 10.2. The van der Waals surface area contributed by atoms with Gasteiger partial charge >= 0.3 is 6.03 Å². The van der Waals surface area contributed by atoms with Crippen molar-refractivity contribution < 1.29 is 28.7 Å². The lowest BCUT2D eigenvalue weighted by Gasteiger charge is -2.26. The molecule has 45 heavy (non-hydrogen) atoms. The van der Waals surface area contributed by atoms with Gasteiger partial charge in [-0.15, -0.1) is 0 Å². The Bertz CT molecular complexity index is 1800. The fourth-order valence-corrected chi connectivity index (χ4v) is 6.02. The average molecular weight is 733 g/mol. The van der Waals surface area contributed by atoms with Gasteiger partial charge in [-0.1, -0.05) is 48.0 Å². The summed E-state index contributed by atoms with van der Waals surface area (Å²) in [6, 6.07) is 24.2. The van der Waals surface area contributed by atoms with Gasteiger partial charge in [-0.3, -0.25) is 19.7 Å². The minimum absolute atomic E-state index is 0.237. The Morgan fingerprint density at radius 3 is 2.24 bits per heavy atom. The van der Waals surface area contributed by atoms with Crippen LogP contribution in [0.4, 0.5) is 16.2 Å². The Labute approximate surface area is 276 Å². The van der Waals surface area contributed by atoms with Crippen LogP contribution in [0.2, 0.25) is 0 Å². The minimum Gasteiger partial charge on any atom is -0.489 e. The first-order valence-corrected chi connectivity index (χ1v) is 15.3. The Kier molecular flexibility index (Phi) is 9.80. The number of amides is 5. The largest absolute Gasteiger partial charge is 0.489 e. The third-order valence-electron chi connectivity index (χ3n) is 6.78. The Morgan fingerprint density at radius 1 is 0.889 bits per heavy atom. The predicted octanol–water partition coefficient (Wildman–Crippen LogP) is 7.09. The van der Waals surface area contributed by atoms with Gasteiger partial charge in [0.1, 0.15) is 23.7 Å². The van der Waals surface area contributed by atoms with Crippen molar-refractivity contribution in [2.24, 2.45) is 0 Å². The monoisotopic (exact) mass is 731 g/mol. The Balaban J connectivity index is 1.28. The number of nitrogens with zero attached hydrogens (tertiary/aromatic N) is 1. The molecule has 1 heterocycles. The van der Waals surface area contributed by atoms with E-state index in [1.807, 2.05) is 62.4 Å². The summed E-state index contributed by atoms with van der Waals surface area (Å²) in [5, 5.41) is 5.06. The summed E-state index contributed by atoms with van der Waals surface area (Å²) >= 11 is 6.89. The molecule has 228 valence electrons. The van der Waals surface area contributed by atoms with E-state index in [2.05, 4.69) is 42.5 Å². The highest BCUT2D eigenvalue weighted by Gasteiger charge is 2.37. The van der Waals surface area contributed by atoms with E-state index in [-0.39, 0.29) is 23.8 Å². The lowest BCUT2D eigenvalue weighted by atomic mass is 10.1. The summed E-state index contributed by atoms with van der Waals surface area (Å²) in [6.45, 7) is 4.00. The summed E-state index contributed by atoms with van der Waals surface area (Å²) < 4.78 is 12.5. The molecule has 0 atom stereocenters. The zero-order valence-electron chi connectivity index (χ0n) is 24.2. The molecule has 0 aromatic heterocycles. The van der Waals surface area contributed by atoms with Crippen LogP contribution < -0.4 is 25.0 Å². The molecule has 9 nitrogen and oxygen atoms in total. The first-order chi connectivity index (χ1) is 21.6. The summed E-state index contributed by atoms with van der Waals surface area (Å²) in [7, 11) is 0. The van der Waals surface area contributed by atoms with Crippen molar-refractivity contribution in [2.45, 2.75) is 20.5 Å². The van der Waals surface area contributed by atoms with E-state index < -0.39 is 17.8 Å². The zero-order chi connectivity index (χ0) is 32.1. The summed E-state index contributed by atoms with van der Waals surface area (Å²) in [4.78, 5) is 52.2. The van der Waals surface area contributed by atoms with Crippen molar-refractivity contribution in [3.05, 3.63) is 122 Å². The van der Waals surface area contributed by atoms with Crippen LogP contribution >= 0.6 is 31.9 Å². The molecule has 0 saturated carbocycles. The molecule has 1 aliphatic heterocycles. The van der Waals surface area contributed by atoms with Gasteiger partial charge in [-0.05, 0) is 111 Å². The number of nitrogens with one attached hydrogen (secondary N) is 2. The van der Waals surface area contributed by atoms with Gasteiger partial charge in [0, 0.05) is 5.69 Å². The molecule has 0 unspecified atom stereocenters. The van der Waals surface area contributed by atoms with Gasteiger partial charge in [-0.25, -0.2) is 9.69 Å². The van der Waals surface area contributed by atoms with E-state index in [1.54, 1.807) is 36.4 Å². The van der Waals surface area contributed by atoms with E-state index >= 15 is 0 Å². The van der Waals surface area contributed by atoms with Crippen molar-refractivity contribution in [1.82, 2.24) is 5.32 Å². The number of rotatable bonds is 9. The van der Waals surface area contributed by atoms with Crippen LogP contribution in [0.15, 0.2) is 99.4 Å². The summed E-state index contributed by atoms with van der Waals surface area (Å²) in [5.41, 5.74) is 4.23. The second-order valence-corrected chi connectivity index (χ2v) is 11.9. The van der Waals surface area contributed by atoms with Gasteiger partial charge in [0.15, 0.2) is 6.61 Å². The number of anilines is 2. The number of imide groups is 2. The number of carbonyl (C=O) groups excluding carboxylic acids is 4. The highest BCUT2D eigenvalue weighted by Crippen LogP contribution is 2.36. The standard InChI is InChI=1S/C34H27Br2N3O6/c1-20-8-13-29(21(2)14-20)37-30(40)19-45-31-27(35)16-23(17-28(31)36)15-26-32(41)38-34(43)39(33(26)42)24-9-11-25(12-10-24)44-18-22-6-4-3-5-7-22/h3-17H,18-19H2,1-2H3,(H,37,40)(H,38,41,43)/b26-15-. The average Bonchev–Trinajstić information content (AvgIpc) is 3.00. The molecule has 5 rings (SSSR count). The number of hydrogen-bond donors (Lipinski definition) is 2. The zero-order valence-corrected chi connectivity index (χ0v) is 27.4. The molecule has 4 aromatic carbocycles. The molecule has 0 radical (unpaired) electrons. The first-order valence-electron chi connectivity index (χ1n) is 13.8. The van der Waals surface area contributed by atoms with Crippen molar-refractivity contribution in [1.29, 1.82) is 0 Å². The van der Waals surface area contributed by atoms with E-state index in [4.69, 9.17) is 9.47 Å². The van der Waals surface area contributed by atoms with E-state index in [0.717, 1.165) is 21.6 Å². The lowest BCUT2D eigenvalue weighted by molar-refractivity contribution is -0.122. The number of halogens is 2. The number of carbonyl (C=O) groups is 4. The Morgan fingerprint density at radius 2 is 1.58 bits per heavy atom. The molecule has 4 aromatic rings. The molecule has 0 aliphatic carbocycles. The van der Waals surface area contributed by atoms with Crippen LogP contribution in [0.1, 0.15) is 22.3 Å². The normalized spacial score (nSPS) is 13.9.